The van der Waals surface area contributed by atoms with Gasteiger partial charge in [0, 0.05) is 6.08 Å². The number of nitrogens with two attached hydrogens (primary N) is 1. The molecule has 0 fully saturated rings. The Labute approximate surface area is 158 Å². The Kier molecular flexibility index (Phi) is 10.1. The fourth-order valence-corrected chi connectivity index (χ4v) is 2.73. The monoisotopic (exact) mass is 371 g/mol. The van der Waals surface area contributed by atoms with Crippen molar-refractivity contribution < 1.29 is 30.2 Å². The van der Waals surface area contributed by atoms with Crippen molar-refractivity contribution in [2.24, 2.45) is 0 Å². The summed E-state index contributed by atoms with van der Waals surface area (Å²) in [5.41, 5.74) is 2.66. The SMILES string of the molecule is CC([NH2+]CCO)C(c1ccccc1)c1ccccc1.O=C([O-])/C=C\C(=O)O. The first-order valence-electron chi connectivity index (χ1n) is 8.61. The highest BCUT2D eigenvalue weighted by Gasteiger charge is 2.23. The number of rotatable bonds is 8. The number of benzene rings is 2. The summed E-state index contributed by atoms with van der Waals surface area (Å²) in [7, 11) is 0. The predicted octanol–water partition coefficient (Wildman–Crippen LogP) is 0.140. The fourth-order valence-electron chi connectivity index (χ4n) is 2.73. The second-order valence-corrected chi connectivity index (χ2v) is 5.90. The number of carboxylic acids is 2. The van der Waals surface area contributed by atoms with Gasteiger partial charge in [-0.3, -0.25) is 0 Å². The fraction of sp³-hybridized carbons (Fsp3) is 0.238. The van der Waals surface area contributed by atoms with E-state index in [0.29, 0.717) is 24.1 Å². The van der Waals surface area contributed by atoms with Crippen LogP contribution in [-0.2, 0) is 9.59 Å². The second kappa shape index (κ2) is 12.4. The molecule has 0 aromatic heterocycles. The first kappa shape index (κ1) is 22.1. The summed E-state index contributed by atoms with van der Waals surface area (Å²) in [5, 5.41) is 28.4. The van der Waals surface area contributed by atoms with Crippen LogP contribution in [0.4, 0.5) is 0 Å². The molecule has 6 heteroatoms. The molecule has 0 saturated carbocycles. The Morgan fingerprint density at radius 2 is 1.48 bits per heavy atom. The highest BCUT2D eigenvalue weighted by Crippen LogP contribution is 2.26. The van der Waals surface area contributed by atoms with Crippen molar-refractivity contribution in [3.8, 4) is 0 Å². The number of aliphatic hydroxyl groups excluding tert-OH is 1. The average Bonchev–Trinajstić information content (AvgIpc) is 2.67. The van der Waals surface area contributed by atoms with Crippen LogP contribution in [0, 0.1) is 0 Å². The molecule has 0 radical (unpaired) electrons. The van der Waals surface area contributed by atoms with Gasteiger partial charge >= 0.3 is 5.97 Å². The second-order valence-electron chi connectivity index (χ2n) is 5.90. The maximum Gasteiger partial charge on any atom is 0.328 e. The van der Waals surface area contributed by atoms with Gasteiger partial charge in [-0.05, 0) is 24.1 Å². The van der Waals surface area contributed by atoms with E-state index in [-0.39, 0.29) is 6.61 Å². The van der Waals surface area contributed by atoms with Gasteiger partial charge in [0.25, 0.3) is 0 Å². The summed E-state index contributed by atoms with van der Waals surface area (Å²) in [4.78, 5) is 19.0. The molecule has 0 heterocycles. The van der Waals surface area contributed by atoms with Crippen LogP contribution in [0.15, 0.2) is 72.8 Å². The van der Waals surface area contributed by atoms with Crippen molar-refractivity contribution >= 4 is 11.9 Å². The molecule has 0 spiro atoms. The summed E-state index contributed by atoms with van der Waals surface area (Å²) in [6, 6.07) is 21.6. The van der Waals surface area contributed by atoms with Gasteiger partial charge < -0.3 is 25.4 Å². The molecule has 0 aliphatic carbocycles. The van der Waals surface area contributed by atoms with Gasteiger partial charge in [0.1, 0.15) is 0 Å². The van der Waals surface area contributed by atoms with E-state index in [1.54, 1.807) is 0 Å². The lowest BCUT2D eigenvalue weighted by Gasteiger charge is -2.23. The Bertz CT molecular complexity index is 660. The third-order valence-electron chi connectivity index (χ3n) is 3.87. The Balaban J connectivity index is 0.000000387. The molecule has 6 nitrogen and oxygen atoms in total. The lowest BCUT2D eigenvalue weighted by atomic mass is 9.86. The van der Waals surface area contributed by atoms with Crippen LogP contribution in [0.2, 0.25) is 0 Å². The zero-order chi connectivity index (χ0) is 20.1. The molecular formula is C21H25NO5. The van der Waals surface area contributed by atoms with Crippen molar-refractivity contribution in [3.63, 3.8) is 0 Å². The quantitative estimate of drug-likeness (QED) is 0.571. The third-order valence-corrected chi connectivity index (χ3v) is 3.87. The van der Waals surface area contributed by atoms with Crippen molar-refractivity contribution in [2.75, 3.05) is 13.2 Å². The standard InChI is InChI=1S/C17H21NO.C4H4O4/c1-14(18-12-13-19)17(15-8-4-2-5-9-15)16-10-6-3-7-11-16;5-3(6)1-2-4(7)8/h2-11,14,17-19H,12-13H2,1H3;1-2H,(H,5,6)(H,7,8)/b;2-1-. The topological polar surface area (TPSA) is 114 Å². The molecule has 0 bridgehead atoms. The maximum absolute atomic E-state index is 9.53. The van der Waals surface area contributed by atoms with Crippen LogP contribution in [0.1, 0.15) is 24.0 Å². The third kappa shape index (κ3) is 8.80. The highest BCUT2D eigenvalue weighted by molar-refractivity contribution is 5.88. The lowest BCUT2D eigenvalue weighted by molar-refractivity contribution is -0.688. The van der Waals surface area contributed by atoms with Gasteiger partial charge in [0.15, 0.2) is 0 Å². The molecule has 2 rings (SSSR count). The molecule has 4 N–H and O–H groups in total. The Morgan fingerprint density at radius 3 is 1.81 bits per heavy atom. The van der Waals surface area contributed by atoms with Crippen LogP contribution in [0.3, 0.4) is 0 Å². The van der Waals surface area contributed by atoms with Crippen molar-refractivity contribution in [1.29, 1.82) is 0 Å². The molecule has 0 saturated heterocycles. The van der Waals surface area contributed by atoms with Gasteiger partial charge in [0.2, 0.25) is 0 Å². The minimum atomic E-state index is -1.51. The largest absolute Gasteiger partial charge is 0.545 e. The molecule has 0 aliphatic heterocycles. The summed E-state index contributed by atoms with van der Waals surface area (Å²) in [6.07, 6.45) is 0.942. The van der Waals surface area contributed by atoms with Crippen molar-refractivity contribution in [3.05, 3.63) is 83.9 Å². The molecule has 1 atom stereocenters. The molecule has 0 amide bonds. The first-order valence-corrected chi connectivity index (χ1v) is 8.61. The van der Waals surface area contributed by atoms with Gasteiger partial charge in [-0.25, -0.2) is 4.79 Å². The Morgan fingerprint density at radius 1 is 1.00 bits per heavy atom. The molecule has 2 aromatic rings. The van der Waals surface area contributed by atoms with Gasteiger partial charge in [-0.15, -0.1) is 0 Å². The van der Waals surface area contributed by atoms with E-state index in [9.17, 15) is 14.7 Å². The van der Waals surface area contributed by atoms with E-state index in [1.807, 2.05) is 12.1 Å². The number of aliphatic hydroxyl groups is 1. The minimum Gasteiger partial charge on any atom is -0.545 e. The summed E-state index contributed by atoms with van der Waals surface area (Å²) < 4.78 is 0. The van der Waals surface area contributed by atoms with E-state index in [4.69, 9.17) is 10.2 Å². The first-order chi connectivity index (χ1) is 13.0. The Hall–Kier alpha value is -2.96. The van der Waals surface area contributed by atoms with E-state index in [2.05, 4.69) is 60.8 Å². The average molecular weight is 371 g/mol. The number of carboxylic acid groups (broad SMARTS) is 2. The van der Waals surface area contributed by atoms with E-state index >= 15 is 0 Å². The van der Waals surface area contributed by atoms with Crippen LogP contribution in [0.5, 0.6) is 0 Å². The highest BCUT2D eigenvalue weighted by atomic mass is 16.4. The van der Waals surface area contributed by atoms with Gasteiger partial charge in [-0.2, -0.15) is 0 Å². The number of aliphatic carboxylic acids is 2. The number of carbonyl (C=O) groups excluding carboxylic acids is 1. The van der Waals surface area contributed by atoms with Crippen LogP contribution in [-0.4, -0.2) is 41.3 Å². The normalized spacial score (nSPS) is 11.7. The summed E-state index contributed by atoms with van der Waals surface area (Å²) in [5.74, 6) is -2.45. The van der Waals surface area contributed by atoms with Crippen LogP contribution in [0.25, 0.3) is 0 Å². The molecular weight excluding hydrogens is 346 g/mol. The van der Waals surface area contributed by atoms with Crippen molar-refractivity contribution in [1.82, 2.24) is 0 Å². The van der Waals surface area contributed by atoms with Crippen LogP contribution < -0.4 is 10.4 Å². The maximum atomic E-state index is 9.53. The molecule has 27 heavy (non-hydrogen) atoms. The van der Waals surface area contributed by atoms with E-state index in [0.717, 1.165) is 6.54 Å². The number of hydrogen-bond acceptors (Lipinski definition) is 4. The molecule has 1 unspecified atom stereocenters. The zero-order valence-electron chi connectivity index (χ0n) is 15.2. The smallest absolute Gasteiger partial charge is 0.328 e. The van der Waals surface area contributed by atoms with E-state index < -0.39 is 11.9 Å². The van der Waals surface area contributed by atoms with E-state index in [1.165, 1.54) is 11.1 Å². The zero-order valence-corrected chi connectivity index (χ0v) is 15.2. The minimum absolute atomic E-state index is 0.223. The van der Waals surface area contributed by atoms with Gasteiger partial charge in [-0.1, -0.05) is 60.7 Å². The molecule has 144 valence electrons. The predicted molar refractivity (Wildman–Crippen MR) is 99.9 cm³/mol. The number of hydrogen-bond donors (Lipinski definition) is 3. The lowest BCUT2D eigenvalue weighted by Crippen LogP contribution is -2.91. The summed E-state index contributed by atoms with van der Waals surface area (Å²) in [6.45, 7) is 3.19. The van der Waals surface area contributed by atoms with Crippen LogP contribution >= 0.6 is 0 Å². The van der Waals surface area contributed by atoms with Crippen molar-refractivity contribution in [2.45, 2.75) is 18.9 Å². The number of quaternary nitrogens is 1. The molecule has 2 aromatic carbocycles. The number of carbonyl (C=O) groups is 2. The molecule has 0 aliphatic rings. The summed E-state index contributed by atoms with van der Waals surface area (Å²) >= 11 is 0. The van der Waals surface area contributed by atoms with Gasteiger partial charge in [0.05, 0.1) is 31.1 Å².